The Morgan fingerprint density at radius 1 is 1.14 bits per heavy atom. The summed E-state index contributed by atoms with van der Waals surface area (Å²) in [6, 6.07) is 13.0. The largest absolute Gasteiger partial charge is 0.338 e. The number of rotatable bonds is 10. The van der Waals surface area contributed by atoms with Gasteiger partial charge in [0.1, 0.15) is 5.82 Å². The number of amides is 2. The number of hydrogen-bond acceptors (Lipinski definition) is 6. The van der Waals surface area contributed by atoms with E-state index in [1.807, 2.05) is 31.3 Å². The van der Waals surface area contributed by atoms with E-state index < -0.39 is 0 Å². The molecule has 2 aromatic rings. The highest BCUT2D eigenvalue weighted by molar-refractivity contribution is 6.00. The van der Waals surface area contributed by atoms with Gasteiger partial charge in [-0.25, -0.2) is 14.7 Å². The van der Waals surface area contributed by atoms with Gasteiger partial charge in [-0.2, -0.15) is 0 Å². The number of carbonyl (C=O) groups excluding carboxylic acids is 1. The van der Waals surface area contributed by atoms with E-state index in [1.165, 1.54) is 25.0 Å². The van der Waals surface area contributed by atoms with Gasteiger partial charge in [-0.1, -0.05) is 31.9 Å². The molecule has 1 heterocycles. The number of hydrogen-bond donors (Lipinski definition) is 5. The van der Waals surface area contributed by atoms with E-state index in [4.69, 9.17) is 0 Å². The van der Waals surface area contributed by atoms with Crippen LogP contribution in [0.1, 0.15) is 55.7 Å². The summed E-state index contributed by atoms with van der Waals surface area (Å²) in [5.41, 5.74) is 9.64. The molecule has 0 radical (unpaired) electrons. The quantitative estimate of drug-likeness (QED) is 0.323. The molecule has 1 aliphatic carbocycles. The molecule has 2 aliphatic rings. The van der Waals surface area contributed by atoms with Gasteiger partial charge in [0.25, 0.3) is 0 Å². The van der Waals surface area contributed by atoms with E-state index in [1.54, 1.807) is 5.01 Å². The molecule has 0 saturated heterocycles. The Morgan fingerprint density at radius 2 is 1.94 bits per heavy atom. The molecular weight excluding hydrogens is 457 g/mol. The van der Waals surface area contributed by atoms with Crippen LogP contribution in [0.2, 0.25) is 0 Å². The monoisotopic (exact) mass is 495 g/mol. The number of halogens is 1. The highest BCUT2D eigenvalue weighted by atomic mass is 19.1. The molecule has 0 aromatic heterocycles. The highest BCUT2D eigenvalue weighted by Gasteiger charge is 2.25. The zero-order chi connectivity index (χ0) is 25.3. The number of urea groups is 1. The Morgan fingerprint density at radius 3 is 2.69 bits per heavy atom. The van der Waals surface area contributed by atoms with Crippen molar-refractivity contribution in [1.29, 1.82) is 0 Å². The van der Waals surface area contributed by atoms with E-state index in [0.717, 1.165) is 66.9 Å². The number of hydrazine groups is 2. The highest BCUT2D eigenvalue weighted by Crippen LogP contribution is 2.24. The van der Waals surface area contributed by atoms with Crippen LogP contribution in [-0.2, 0) is 12.8 Å². The van der Waals surface area contributed by atoms with Gasteiger partial charge in [-0.15, -0.1) is 10.6 Å². The van der Waals surface area contributed by atoms with Gasteiger partial charge < -0.3 is 16.0 Å². The fourth-order valence-corrected chi connectivity index (χ4v) is 4.99. The number of benzene rings is 2. The van der Waals surface area contributed by atoms with E-state index in [2.05, 4.69) is 45.1 Å². The molecule has 1 aliphatic heterocycles. The maximum Gasteiger partial charge on any atom is 0.319 e. The molecule has 2 amide bonds. The number of amidine groups is 1. The minimum Gasteiger partial charge on any atom is -0.338 e. The number of carbonyl (C=O) groups is 1. The molecule has 0 spiro atoms. The van der Waals surface area contributed by atoms with Crippen molar-refractivity contribution in [3.63, 3.8) is 0 Å². The summed E-state index contributed by atoms with van der Waals surface area (Å²) in [5, 5.41) is 15.9. The Bertz CT molecular complexity index is 1040. The normalized spacial score (nSPS) is 19.5. The smallest absolute Gasteiger partial charge is 0.319 e. The molecule has 1 saturated carbocycles. The lowest BCUT2D eigenvalue weighted by Gasteiger charge is -2.32. The lowest BCUT2D eigenvalue weighted by atomic mass is 9.84. The standard InChI is InChI=1S/C27H38FN7O/c1-3-19-15-22(26-32-33-34-35(26)2)17-24(16-19)31-27(36)30-18-21-8-4-5-9-25(21)29-14-6-7-20-10-12-23(28)13-11-20/h10-13,15-17,21,25,29,33-34H,3-9,14,18H2,1-2H3,(H2,30,31,36)/t21-,25+/m0/s1. The third-order valence-corrected chi connectivity index (χ3v) is 7.01. The molecule has 2 atom stereocenters. The summed E-state index contributed by atoms with van der Waals surface area (Å²) in [6.45, 7) is 3.65. The first-order valence-corrected chi connectivity index (χ1v) is 13.0. The van der Waals surface area contributed by atoms with Gasteiger partial charge in [0.2, 0.25) is 0 Å². The molecule has 194 valence electrons. The number of nitrogens with one attached hydrogen (secondary N) is 5. The van der Waals surface area contributed by atoms with Crippen LogP contribution in [0.4, 0.5) is 14.9 Å². The van der Waals surface area contributed by atoms with E-state index in [9.17, 15) is 9.18 Å². The van der Waals surface area contributed by atoms with Crippen molar-refractivity contribution in [2.24, 2.45) is 11.0 Å². The third-order valence-electron chi connectivity index (χ3n) is 7.01. The van der Waals surface area contributed by atoms with E-state index in [-0.39, 0.29) is 11.8 Å². The first kappa shape index (κ1) is 25.9. The summed E-state index contributed by atoms with van der Waals surface area (Å²) in [5.74, 6) is 0.984. The van der Waals surface area contributed by atoms with Crippen molar-refractivity contribution < 1.29 is 9.18 Å². The zero-order valence-corrected chi connectivity index (χ0v) is 21.2. The molecule has 5 N–H and O–H groups in total. The van der Waals surface area contributed by atoms with E-state index in [0.29, 0.717) is 18.5 Å². The van der Waals surface area contributed by atoms with Crippen molar-refractivity contribution in [2.75, 3.05) is 25.5 Å². The van der Waals surface area contributed by atoms with E-state index >= 15 is 0 Å². The lowest BCUT2D eigenvalue weighted by molar-refractivity contribution is 0.235. The minimum atomic E-state index is -0.192. The molecule has 4 rings (SSSR count). The first-order chi connectivity index (χ1) is 17.5. The van der Waals surface area contributed by atoms with Crippen molar-refractivity contribution in [1.82, 2.24) is 26.7 Å². The van der Waals surface area contributed by atoms with Crippen LogP contribution in [0.5, 0.6) is 0 Å². The van der Waals surface area contributed by atoms with Crippen LogP contribution in [0.25, 0.3) is 0 Å². The van der Waals surface area contributed by atoms with Gasteiger partial charge in [0.05, 0.1) is 0 Å². The summed E-state index contributed by atoms with van der Waals surface area (Å²) in [7, 11) is 1.88. The molecule has 0 unspecified atom stereocenters. The molecule has 8 nitrogen and oxygen atoms in total. The molecule has 0 bridgehead atoms. The minimum absolute atomic E-state index is 0.187. The maximum absolute atomic E-state index is 13.1. The average Bonchev–Trinajstić information content (AvgIpc) is 3.32. The fraction of sp³-hybridized carbons (Fsp3) is 0.481. The summed E-state index contributed by atoms with van der Waals surface area (Å²) < 4.78 is 13.1. The predicted octanol–water partition coefficient (Wildman–Crippen LogP) is 3.91. The van der Waals surface area contributed by atoms with Crippen molar-refractivity contribution in [2.45, 2.75) is 57.9 Å². The summed E-state index contributed by atoms with van der Waals surface area (Å²) >= 11 is 0. The van der Waals surface area contributed by atoms with Gasteiger partial charge in [0.15, 0.2) is 5.84 Å². The zero-order valence-electron chi connectivity index (χ0n) is 21.2. The molecule has 2 aromatic carbocycles. The first-order valence-electron chi connectivity index (χ1n) is 13.0. The number of nitrogens with zero attached hydrogens (tertiary/aromatic N) is 2. The Labute approximate surface area is 213 Å². The SMILES string of the molecule is CCc1cc(NC(=O)NC[C@@H]2CCCC[C@H]2NCCCc2ccc(F)cc2)cc(C2=NNNN2C)c1. The second kappa shape index (κ2) is 12.7. The van der Waals surface area contributed by atoms with Crippen molar-refractivity contribution in [3.05, 3.63) is 65.0 Å². The van der Waals surface area contributed by atoms with Crippen LogP contribution in [-0.4, -0.2) is 43.1 Å². The topological polar surface area (TPSA) is 92.8 Å². The second-order valence-electron chi connectivity index (χ2n) is 9.66. The van der Waals surface area contributed by atoms with Crippen LogP contribution >= 0.6 is 0 Å². The second-order valence-corrected chi connectivity index (χ2v) is 9.66. The molecule has 36 heavy (non-hydrogen) atoms. The maximum atomic E-state index is 13.1. The van der Waals surface area contributed by atoms with Gasteiger partial charge in [-0.05, 0) is 86.0 Å². The molecule has 9 heteroatoms. The van der Waals surface area contributed by atoms with Gasteiger partial charge in [0, 0.05) is 30.9 Å². The third kappa shape index (κ3) is 7.18. The lowest BCUT2D eigenvalue weighted by Crippen LogP contribution is -2.45. The fourth-order valence-electron chi connectivity index (χ4n) is 4.99. The van der Waals surface area contributed by atoms with Crippen LogP contribution in [0.15, 0.2) is 47.6 Å². The molecular formula is C27H38FN7O. The summed E-state index contributed by atoms with van der Waals surface area (Å²) in [4.78, 5) is 12.8. The number of aryl methyl sites for hydroxylation is 2. The van der Waals surface area contributed by atoms with Crippen LogP contribution in [0, 0.1) is 11.7 Å². The van der Waals surface area contributed by atoms with Crippen molar-refractivity contribution in [3.8, 4) is 0 Å². The number of hydrazone groups is 1. The molecule has 1 fully saturated rings. The predicted molar refractivity (Wildman–Crippen MR) is 142 cm³/mol. The number of anilines is 1. The Kier molecular flexibility index (Phi) is 9.13. The van der Waals surface area contributed by atoms with Crippen molar-refractivity contribution >= 4 is 17.6 Å². The van der Waals surface area contributed by atoms with Gasteiger partial charge >= 0.3 is 6.03 Å². The van der Waals surface area contributed by atoms with Crippen LogP contribution < -0.4 is 27.0 Å². The average molecular weight is 496 g/mol. The summed E-state index contributed by atoms with van der Waals surface area (Å²) in [6.07, 6.45) is 7.44. The Hall–Kier alpha value is -3.17. The van der Waals surface area contributed by atoms with Crippen LogP contribution in [0.3, 0.4) is 0 Å². The Balaban J connectivity index is 1.26. The van der Waals surface area contributed by atoms with Gasteiger partial charge in [-0.3, -0.25) is 5.01 Å².